The van der Waals surface area contributed by atoms with Crippen LogP contribution in [-0.2, 0) is 21.3 Å². The van der Waals surface area contributed by atoms with Crippen LogP contribution in [-0.4, -0.2) is 21.0 Å². The highest BCUT2D eigenvalue weighted by molar-refractivity contribution is 7.89. The van der Waals surface area contributed by atoms with Gasteiger partial charge in [-0.25, -0.2) is 17.9 Å². The van der Waals surface area contributed by atoms with Gasteiger partial charge in [-0.2, -0.15) is 0 Å². The van der Waals surface area contributed by atoms with Crippen LogP contribution in [0, 0.1) is 0 Å². The zero-order valence-corrected chi connectivity index (χ0v) is 12.2. The fourth-order valence-electron chi connectivity index (χ4n) is 1.67. The molecule has 1 heterocycles. The van der Waals surface area contributed by atoms with Crippen LogP contribution in [0.25, 0.3) is 0 Å². The van der Waals surface area contributed by atoms with Crippen LogP contribution in [0.3, 0.4) is 0 Å². The van der Waals surface area contributed by atoms with E-state index in [-0.39, 0.29) is 23.6 Å². The molecule has 1 N–H and O–H groups in total. The van der Waals surface area contributed by atoms with E-state index in [9.17, 15) is 13.2 Å². The molecule has 1 aromatic heterocycles. The summed E-state index contributed by atoms with van der Waals surface area (Å²) in [5, 5.41) is 0. The third-order valence-corrected chi connectivity index (χ3v) is 4.07. The first-order valence-corrected chi connectivity index (χ1v) is 7.80. The summed E-state index contributed by atoms with van der Waals surface area (Å²) in [5.41, 5.74) is 0.192. The first-order chi connectivity index (χ1) is 10.0. The molecule has 0 unspecified atom stereocenters. The van der Waals surface area contributed by atoms with Crippen molar-refractivity contribution in [3.63, 3.8) is 0 Å². The van der Waals surface area contributed by atoms with E-state index in [0.29, 0.717) is 5.76 Å². The predicted octanol–water partition coefficient (Wildman–Crippen LogP) is 1.93. The lowest BCUT2D eigenvalue weighted by Gasteiger charge is -2.07. The van der Waals surface area contributed by atoms with Crippen LogP contribution in [0.4, 0.5) is 0 Å². The highest BCUT2D eigenvalue weighted by Crippen LogP contribution is 2.13. The lowest BCUT2D eigenvalue weighted by molar-refractivity contribution is 0.0526. The molecule has 112 valence electrons. The molecule has 0 aliphatic rings. The fraction of sp³-hybridized carbons (Fsp3) is 0.214. The number of esters is 1. The van der Waals surface area contributed by atoms with Crippen molar-refractivity contribution < 1.29 is 22.4 Å². The Morgan fingerprint density at radius 1 is 1.29 bits per heavy atom. The Labute approximate surface area is 122 Å². The molecule has 0 atom stereocenters. The summed E-state index contributed by atoms with van der Waals surface area (Å²) < 4.78 is 36.6. The minimum Gasteiger partial charge on any atom is -0.468 e. The number of benzene rings is 1. The number of rotatable bonds is 6. The van der Waals surface area contributed by atoms with Gasteiger partial charge in [0, 0.05) is 0 Å². The highest BCUT2D eigenvalue weighted by Gasteiger charge is 2.17. The van der Waals surface area contributed by atoms with Gasteiger partial charge >= 0.3 is 5.97 Å². The molecule has 0 radical (unpaired) electrons. The van der Waals surface area contributed by atoms with Gasteiger partial charge in [0.15, 0.2) is 0 Å². The van der Waals surface area contributed by atoms with E-state index < -0.39 is 16.0 Å². The van der Waals surface area contributed by atoms with E-state index in [4.69, 9.17) is 9.15 Å². The predicted molar refractivity (Wildman–Crippen MR) is 75.1 cm³/mol. The second kappa shape index (κ2) is 6.55. The summed E-state index contributed by atoms with van der Waals surface area (Å²) in [5.74, 6) is -0.0549. The average Bonchev–Trinajstić information content (AvgIpc) is 2.99. The Hall–Kier alpha value is -2.12. The molecule has 1 aromatic carbocycles. The molecule has 0 amide bonds. The Bertz CT molecular complexity index is 707. The van der Waals surface area contributed by atoms with Crippen LogP contribution in [0.1, 0.15) is 23.0 Å². The maximum absolute atomic E-state index is 12.2. The number of hydrogen-bond acceptors (Lipinski definition) is 5. The van der Waals surface area contributed by atoms with Crippen molar-refractivity contribution in [1.29, 1.82) is 0 Å². The molecule has 2 rings (SSSR count). The minimum atomic E-state index is -3.73. The van der Waals surface area contributed by atoms with E-state index in [1.54, 1.807) is 19.1 Å². The maximum Gasteiger partial charge on any atom is 0.338 e. The van der Waals surface area contributed by atoms with Gasteiger partial charge in [0.1, 0.15) is 5.76 Å². The number of sulfonamides is 1. The summed E-state index contributed by atoms with van der Waals surface area (Å²) in [7, 11) is -3.73. The van der Waals surface area contributed by atoms with Gasteiger partial charge in [-0.05, 0) is 37.3 Å². The number of furan rings is 1. The van der Waals surface area contributed by atoms with E-state index in [1.807, 2.05) is 0 Å². The number of ether oxygens (including phenoxy) is 1. The maximum atomic E-state index is 12.2. The molecule has 0 bridgehead atoms. The van der Waals surface area contributed by atoms with Crippen molar-refractivity contribution >= 4 is 16.0 Å². The summed E-state index contributed by atoms with van der Waals surface area (Å²) in [6.45, 7) is 1.95. The lowest BCUT2D eigenvalue weighted by Crippen LogP contribution is -2.23. The average molecular weight is 309 g/mol. The molecule has 0 aliphatic heterocycles. The van der Waals surface area contributed by atoms with E-state index in [1.165, 1.54) is 30.5 Å². The first kappa shape index (κ1) is 15.3. The Balaban J connectivity index is 2.16. The Morgan fingerprint density at radius 2 is 2.10 bits per heavy atom. The van der Waals surface area contributed by atoms with Crippen molar-refractivity contribution in [2.24, 2.45) is 0 Å². The van der Waals surface area contributed by atoms with Crippen molar-refractivity contribution in [3.05, 3.63) is 54.0 Å². The van der Waals surface area contributed by atoms with Gasteiger partial charge in [-0.3, -0.25) is 0 Å². The summed E-state index contributed by atoms with van der Waals surface area (Å²) in [6.07, 6.45) is 1.46. The van der Waals surface area contributed by atoms with E-state index in [2.05, 4.69) is 4.72 Å². The van der Waals surface area contributed by atoms with E-state index >= 15 is 0 Å². The summed E-state index contributed by atoms with van der Waals surface area (Å²) in [4.78, 5) is 11.6. The monoisotopic (exact) mass is 309 g/mol. The second-order valence-corrected chi connectivity index (χ2v) is 5.92. The standard InChI is InChI=1S/C14H15NO5S/c1-2-19-14(16)11-5-3-7-13(9-11)21(17,18)15-10-12-6-4-8-20-12/h3-9,15H,2,10H2,1H3. The topological polar surface area (TPSA) is 85.6 Å². The molecule has 0 saturated heterocycles. The highest BCUT2D eigenvalue weighted by atomic mass is 32.2. The Kier molecular flexibility index (Phi) is 4.77. The van der Waals surface area contributed by atoms with Crippen LogP contribution in [0.5, 0.6) is 0 Å². The molecular formula is C14H15NO5S. The van der Waals surface area contributed by atoms with Gasteiger partial charge in [0.25, 0.3) is 0 Å². The number of hydrogen-bond donors (Lipinski definition) is 1. The minimum absolute atomic E-state index is 0.000362. The third kappa shape index (κ3) is 3.93. The number of carbonyl (C=O) groups excluding carboxylic acids is 1. The Morgan fingerprint density at radius 3 is 2.76 bits per heavy atom. The summed E-state index contributed by atoms with van der Waals surface area (Å²) in [6, 6.07) is 9.02. The smallest absolute Gasteiger partial charge is 0.338 e. The zero-order chi connectivity index (χ0) is 15.3. The van der Waals surface area contributed by atoms with Crippen molar-refractivity contribution in [2.45, 2.75) is 18.4 Å². The molecule has 7 heteroatoms. The van der Waals surface area contributed by atoms with E-state index in [0.717, 1.165) is 0 Å². The molecule has 2 aromatic rings. The largest absolute Gasteiger partial charge is 0.468 e. The molecule has 0 saturated carbocycles. The van der Waals surface area contributed by atoms with Crippen LogP contribution >= 0.6 is 0 Å². The van der Waals surface area contributed by atoms with Crippen LogP contribution < -0.4 is 4.72 Å². The number of carbonyl (C=O) groups is 1. The summed E-state index contributed by atoms with van der Waals surface area (Å²) >= 11 is 0. The van der Waals surface area contributed by atoms with Crippen molar-refractivity contribution in [2.75, 3.05) is 6.61 Å². The van der Waals surface area contributed by atoms with Crippen LogP contribution in [0.2, 0.25) is 0 Å². The van der Waals surface area contributed by atoms with Crippen molar-refractivity contribution in [3.8, 4) is 0 Å². The number of nitrogens with one attached hydrogen (secondary N) is 1. The van der Waals surface area contributed by atoms with Gasteiger partial charge in [-0.1, -0.05) is 6.07 Å². The molecule has 0 aliphatic carbocycles. The van der Waals surface area contributed by atoms with Gasteiger partial charge in [0.05, 0.1) is 29.9 Å². The first-order valence-electron chi connectivity index (χ1n) is 6.32. The molecular weight excluding hydrogens is 294 g/mol. The quantitative estimate of drug-likeness (QED) is 0.824. The van der Waals surface area contributed by atoms with Gasteiger partial charge in [0.2, 0.25) is 10.0 Å². The third-order valence-electron chi connectivity index (χ3n) is 2.67. The zero-order valence-electron chi connectivity index (χ0n) is 11.4. The SMILES string of the molecule is CCOC(=O)c1cccc(S(=O)(=O)NCc2ccco2)c1. The second-order valence-electron chi connectivity index (χ2n) is 4.15. The van der Waals surface area contributed by atoms with Gasteiger partial charge < -0.3 is 9.15 Å². The lowest BCUT2D eigenvalue weighted by atomic mass is 10.2. The molecule has 6 nitrogen and oxygen atoms in total. The normalized spacial score (nSPS) is 11.3. The molecule has 21 heavy (non-hydrogen) atoms. The molecule has 0 spiro atoms. The van der Waals surface area contributed by atoms with Crippen LogP contribution in [0.15, 0.2) is 52.0 Å². The van der Waals surface area contributed by atoms with Crippen molar-refractivity contribution in [1.82, 2.24) is 4.72 Å². The fourth-order valence-corrected chi connectivity index (χ4v) is 2.71. The van der Waals surface area contributed by atoms with Gasteiger partial charge in [-0.15, -0.1) is 0 Å². The molecule has 0 fully saturated rings.